The first-order valence-electron chi connectivity index (χ1n) is 4.86. The molecule has 0 heterocycles. The normalized spacial score (nSPS) is 12.7. The van der Waals surface area contributed by atoms with Crippen molar-refractivity contribution in [3.63, 3.8) is 0 Å². The van der Waals surface area contributed by atoms with Crippen LogP contribution in [-0.2, 0) is 4.79 Å². The van der Waals surface area contributed by atoms with Gasteiger partial charge in [-0.05, 0) is 23.3 Å². The molecule has 0 amide bonds. The van der Waals surface area contributed by atoms with E-state index in [2.05, 4.69) is 12.6 Å². The van der Waals surface area contributed by atoms with Gasteiger partial charge in [-0.2, -0.15) is 12.6 Å². The lowest BCUT2D eigenvalue weighted by molar-refractivity contribution is -0.116. The van der Waals surface area contributed by atoms with E-state index in [1.54, 1.807) is 6.92 Å². The van der Waals surface area contributed by atoms with Gasteiger partial charge in [0.15, 0.2) is 0 Å². The molecule has 1 unspecified atom stereocenters. The number of ketones is 1. The molecule has 2 heteroatoms. The third kappa shape index (κ3) is 1.90. The molecule has 0 radical (unpaired) electrons. The number of benzene rings is 2. The molecule has 76 valence electrons. The van der Waals surface area contributed by atoms with Crippen molar-refractivity contribution in [2.24, 2.45) is 0 Å². The van der Waals surface area contributed by atoms with Crippen LogP contribution in [-0.4, -0.2) is 5.78 Å². The van der Waals surface area contributed by atoms with E-state index in [-0.39, 0.29) is 11.0 Å². The Kier molecular flexibility index (Phi) is 2.78. The molecule has 0 bridgehead atoms. The molecule has 15 heavy (non-hydrogen) atoms. The fraction of sp³-hybridized carbons (Fsp3) is 0.154. The lowest BCUT2D eigenvalue weighted by Crippen LogP contribution is -2.02. The van der Waals surface area contributed by atoms with Gasteiger partial charge in [-0.15, -0.1) is 0 Å². The Labute approximate surface area is 94.5 Å². The van der Waals surface area contributed by atoms with Crippen molar-refractivity contribution in [1.82, 2.24) is 0 Å². The second kappa shape index (κ2) is 4.07. The summed E-state index contributed by atoms with van der Waals surface area (Å²) in [4.78, 5) is 11.3. The summed E-state index contributed by atoms with van der Waals surface area (Å²) in [5.74, 6) is 0.0784. The third-order valence-corrected chi connectivity index (χ3v) is 3.14. The molecule has 2 rings (SSSR count). The summed E-state index contributed by atoms with van der Waals surface area (Å²) in [6, 6.07) is 14.0. The second-order valence-corrected chi connectivity index (χ2v) is 4.10. The summed E-state index contributed by atoms with van der Waals surface area (Å²) < 4.78 is 0. The zero-order chi connectivity index (χ0) is 10.8. The Balaban J connectivity index is 2.65. The van der Waals surface area contributed by atoms with Gasteiger partial charge < -0.3 is 0 Å². The zero-order valence-electron chi connectivity index (χ0n) is 8.47. The number of hydrogen-bond acceptors (Lipinski definition) is 2. The smallest absolute Gasteiger partial charge is 0.146 e. The van der Waals surface area contributed by atoms with Crippen LogP contribution in [0.25, 0.3) is 10.8 Å². The Morgan fingerprint density at radius 2 is 1.80 bits per heavy atom. The fourth-order valence-electron chi connectivity index (χ4n) is 1.71. The van der Waals surface area contributed by atoms with E-state index in [9.17, 15) is 4.79 Å². The summed E-state index contributed by atoms with van der Waals surface area (Å²) in [6.07, 6.45) is 0. The van der Waals surface area contributed by atoms with Gasteiger partial charge in [0.1, 0.15) is 5.78 Å². The van der Waals surface area contributed by atoms with Gasteiger partial charge >= 0.3 is 0 Å². The molecule has 0 aliphatic heterocycles. The monoisotopic (exact) mass is 216 g/mol. The third-order valence-electron chi connectivity index (χ3n) is 2.50. The van der Waals surface area contributed by atoms with Crippen molar-refractivity contribution < 1.29 is 4.79 Å². The summed E-state index contributed by atoms with van der Waals surface area (Å²) in [7, 11) is 0. The lowest BCUT2D eigenvalue weighted by atomic mass is 10.0. The molecule has 0 saturated carbocycles. The maximum atomic E-state index is 11.3. The highest BCUT2D eigenvalue weighted by atomic mass is 32.1. The summed E-state index contributed by atoms with van der Waals surface area (Å²) in [5.41, 5.74) is 0.990. The first kappa shape index (κ1) is 10.2. The summed E-state index contributed by atoms with van der Waals surface area (Å²) >= 11 is 4.34. The molecule has 0 saturated heterocycles. The van der Waals surface area contributed by atoms with E-state index in [0.29, 0.717) is 0 Å². The predicted octanol–water partition coefficient (Wildman–Crippen LogP) is 3.40. The van der Waals surface area contributed by atoms with Crippen molar-refractivity contribution in [2.75, 3.05) is 0 Å². The average molecular weight is 216 g/mol. The van der Waals surface area contributed by atoms with E-state index in [0.717, 1.165) is 16.3 Å². The molecule has 2 aromatic rings. The number of Topliss-reactive ketones (excluding diaryl/α,β-unsaturated/α-hetero) is 1. The molecule has 0 spiro atoms. The molecule has 0 aliphatic carbocycles. The van der Waals surface area contributed by atoms with Crippen LogP contribution in [0.5, 0.6) is 0 Å². The number of thiol groups is 1. The van der Waals surface area contributed by atoms with Crippen LogP contribution in [0.15, 0.2) is 42.5 Å². The molecule has 0 aromatic heterocycles. The number of hydrogen-bond donors (Lipinski definition) is 1. The van der Waals surface area contributed by atoms with Crippen LogP contribution in [0.4, 0.5) is 0 Å². The van der Waals surface area contributed by atoms with Crippen molar-refractivity contribution in [2.45, 2.75) is 12.2 Å². The van der Waals surface area contributed by atoms with Gasteiger partial charge in [0.2, 0.25) is 0 Å². The summed E-state index contributed by atoms with van der Waals surface area (Å²) in [5, 5.41) is 1.93. The van der Waals surface area contributed by atoms with Crippen LogP contribution in [0.2, 0.25) is 0 Å². The molecule has 1 atom stereocenters. The number of fused-ring (bicyclic) bond motifs is 1. The Morgan fingerprint density at radius 3 is 2.53 bits per heavy atom. The molecular weight excluding hydrogens is 204 g/mol. The highest BCUT2D eigenvalue weighted by Gasteiger charge is 2.13. The quantitative estimate of drug-likeness (QED) is 0.761. The first-order chi connectivity index (χ1) is 7.20. The van der Waals surface area contributed by atoms with E-state index in [1.807, 2.05) is 42.5 Å². The standard InChI is InChI=1S/C13H12OS/c1-9(14)13(15)12-8-4-6-10-5-2-3-7-11(10)12/h2-8,13,15H,1H3. The Bertz CT molecular complexity index is 499. The topological polar surface area (TPSA) is 17.1 Å². The molecule has 2 aromatic carbocycles. The average Bonchev–Trinajstić information content (AvgIpc) is 2.27. The first-order valence-corrected chi connectivity index (χ1v) is 5.38. The number of carbonyl (C=O) groups is 1. The van der Waals surface area contributed by atoms with Crippen molar-refractivity contribution >= 4 is 29.2 Å². The second-order valence-electron chi connectivity index (χ2n) is 3.58. The largest absolute Gasteiger partial charge is 0.298 e. The van der Waals surface area contributed by atoms with Crippen LogP contribution >= 0.6 is 12.6 Å². The van der Waals surface area contributed by atoms with Crippen LogP contribution in [0.1, 0.15) is 17.7 Å². The van der Waals surface area contributed by atoms with Crippen molar-refractivity contribution in [1.29, 1.82) is 0 Å². The fourth-order valence-corrected chi connectivity index (χ4v) is 1.93. The highest BCUT2D eigenvalue weighted by Crippen LogP contribution is 2.28. The predicted molar refractivity (Wildman–Crippen MR) is 66.4 cm³/mol. The minimum absolute atomic E-state index is 0.0784. The van der Waals surface area contributed by atoms with E-state index >= 15 is 0 Å². The lowest BCUT2D eigenvalue weighted by Gasteiger charge is -2.10. The number of rotatable bonds is 2. The van der Waals surface area contributed by atoms with Gasteiger partial charge in [-0.3, -0.25) is 4.79 Å². The minimum Gasteiger partial charge on any atom is -0.298 e. The molecule has 0 N–H and O–H groups in total. The number of carbonyl (C=O) groups excluding carboxylic acids is 1. The van der Waals surface area contributed by atoms with Crippen molar-refractivity contribution in [3.8, 4) is 0 Å². The molecule has 0 aliphatic rings. The maximum Gasteiger partial charge on any atom is 0.146 e. The minimum atomic E-state index is -0.323. The van der Waals surface area contributed by atoms with Crippen LogP contribution in [0, 0.1) is 0 Å². The van der Waals surface area contributed by atoms with Gasteiger partial charge in [0.05, 0.1) is 5.25 Å². The molecule has 0 fully saturated rings. The van der Waals surface area contributed by atoms with Gasteiger partial charge in [0.25, 0.3) is 0 Å². The van der Waals surface area contributed by atoms with Crippen LogP contribution < -0.4 is 0 Å². The Morgan fingerprint density at radius 1 is 1.13 bits per heavy atom. The Hall–Kier alpha value is -1.28. The maximum absolute atomic E-state index is 11.3. The SMILES string of the molecule is CC(=O)C(S)c1cccc2ccccc12. The van der Waals surface area contributed by atoms with E-state index in [4.69, 9.17) is 0 Å². The van der Waals surface area contributed by atoms with Gasteiger partial charge in [-0.1, -0.05) is 42.5 Å². The van der Waals surface area contributed by atoms with E-state index in [1.165, 1.54) is 0 Å². The van der Waals surface area contributed by atoms with E-state index < -0.39 is 0 Å². The molecule has 1 nitrogen and oxygen atoms in total. The van der Waals surface area contributed by atoms with Gasteiger partial charge in [-0.25, -0.2) is 0 Å². The summed E-state index contributed by atoms with van der Waals surface area (Å²) in [6.45, 7) is 1.57. The van der Waals surface area contributed by atoms with Crippen molar-refractivity contribution in [3.05, 3.63) is 48.0 Å². The molecular formula is C13H12OS. The van der Waals surface area contributed by atoms with Crippen LogP contribution in [0.3, 0.4) is 0 Å². The zero-order valence-corrected chi connectivity index (χ0v) is 9.37. The van der Waals surface area contributed by atoms with Gasteiger partial charge in [0, 0.05) is 0 Å². The highest BCUT2D eigenvalue weighted by molar-refractivity contribution is 7.81.